The molecule has 5 heteroatoms. The molecule has 0 amide bonds. The normalized spacial score (nSPS) is 15.4. The van der Waals surface area contributed by atoms with Gasteiger partial charge in [0.15, 0.2) is 0 Å². The van der Waals surface area contributed by atoms with E-state index in [1.54, 1.807) is 0 Å². The predicted octanol–water partition coefficient (Wildman–Crippen LogP) is 3.12. The maximum Gasteiger partial charge on any atom is 0.265 e. The lowest BCUT2D eigenvalue weighted by atomic mass is 10.1. The van der Waals surface area contributed by atoms with E-state index in [1.807, 2.05) is 19.0 Å². The van der Waals surface area contributed by atoms with Gasteiger partial charge in [0.05, 0.1) is 6.54 Å². The molecule has 0 saturated heterocycles. The minimum atomic E-state index is 0.647. The van der Waals surface area contributed by atoms with E-state index in [9.17, 15) is 0 Å². The predicted molar refractivity (Wildman–Crippen MR) is 91.4 cm³/mol. The number of aromatic nitrogens is 2. The van der Waals surface area contributed by atoms with Crippen LogP contribution in [0.4, 0.5) is 5.95 Å². The number of nitrogens with zero attached hydrogens (tertiary/aromatic N) is 4. The maximum absolute atomic E-state index is 5.42. The van der Waals surface area contributed by atoms with Crippen LogP contribution in [0.25, 0.3) is 0 Å². The summed E-state index contributed by atoms with van der Waals surface area (Å²) >= 11 is 0. The van der Waals surface area contributed by atoms with Gasteiger partial charge in [0.1, 0.15) is 0 Å². The van der Waals surface area contributed by atoms with E-state index >= 15 is 0 Å². The molecule has 1 aliphatic rings. The molecule has 0 atom stereocenters. The maximum atomic E-state index is 5.42. The van der Waals surface area contributed by atoms with Crippen molar-refractivity contribution >= 4 is 5.95 Å². The van der Waals surface area contributed by atoms with Gasteiger partial charge in [-0.3, -0.25) is 4.90 Å². The standard InChI is InChI=1S/C18H26N4O/c1-21(2)18-19-17(23-20-18)14-22(16-10-6-7-11-16)13-12-15-8-4-3-5-9-15/h3-5,8-9,16H,6-7,10-14H2,1-2H3. The van der Waals surface area contributed by atoms with Crippen molar-refractivity contribution in [3.05, 3.63) is 41.8 Å². The first-order chi connectivity index (χ1) is 11.2. The fraction of sp³-hybridized carbons (Fsp3) is 0.556. The van der Waals surface area contributed by atoms with Crippen LogP contribution >= 0.6 is 0 Å². The Kier molecular flexibility index (Phi) is 5.28. The van der Waals surface area contributed by atoms with Crippen LogP contribution in [0, 0.1) is 0 Å². The second-order valence-electron chi connectivity index (χ2n) is 6.53. The summed E-state index contributed by atoms with van der Waals surface area (Å²) in [6.45, 7) is 1.78. The number of hydrogen-bond acceptors (Lipinski definition) is 5. The molecule has 1 aromatic carbocycles. The summed E-state index contributed by atoms with van der Waals surface area (Å²) in [5.41, 5.74) is 1.38. The summed E-state index contributed by atoms with van der Waals surface area (Å²) in [5.74, 6) is 1.36. The fourth-order valence-electron chi connectivity index (χ4n) is 3.24. The van der Waals surface area contributed by atoms with Crippen molar-refractivity contribution in [2.24, 2.45) is 0 Å². The van der Waals surface area contributed by atoms with Gasteiger partial charge in [-0.05, 0) is 30.0 Å². The van der Waals surface area contributed by atoms with Gasteiger partial charge in [-0.2, -0.15) is 4.98 Å². The minimum absolute atomic E-state index is 0.647. The molecule has 0 bridgehead atoms. The molecule has 1 heterocycles. The molecule has 124 valence electrons. The van der Waals surface area contributed by atoms with Crippen molar-refractivity contribution in [1.29, 1.82) is 0 Å². The van der Waals surface area contributed by atoms with Crippen LogP contribution in [0.3, 0.4) is 0 Å². The summed E-state index contributed by atoms with van der Waals surface area (Å²) in [4.78, 5) is 8.88. The lowest BCUT2D eigenvalue weighted by molar-refractivity contribution is 0.168. The molecule has 0 radical (unpaired) electrons. The molecule has 5 nitrogen and oxygen atoms in total. The topological polar surface area (TPSA) is 45.4 Å². The van der Waals surface area contributed by atoms with Gasteiger partial charge in [-0.1, -0.05) is 43.2 Å². The summed E-state index contributed by atoms with van der Waals surface area (Å²) < 4.78 is 5.42. The molecular formula is C18H26N4O. The minimum Gasteiger partial charge on any atom is -0.344 e. The summed E-state index contributed by atoms with van der Waals surface area (Å²) in [5, 5.41) is 4.03. The van der Waals surface area contributed by atoms with Gasteiger partial charge in [-0.15, -0.1) is 0 Å². The molecule has 0 aliphatic heterocycles. The average Bonchev–Trinajstić information content (AvgIpc) is 3.24. The summed E-state index contributed by atoms with van der Waals surface area (Å²) in [7, 11) is 3.86. The Balaban J connectivity index is 1.65. The van der Waals surface area contributed by atoms with Crippen LogP contribution < -0.4 is 4.90 Å². The third kappa shape index (κ3) is 4.32. The van der Waals surface area contributed by atoms with Gasteiger partial charge < -0.3 is 9.42 Å². The van der Waals surface area contributed by atoms with Crippen LogP contribution in [-0.2, 0) is 13.0 Å². The SMILES string of the molecule is CN(C)c1noc(CN(CCc2ccccc2)C2CCCC2)n1. The fourth-order valence-corrected chi connectivity index (χ4v) is 3.24. The van der Waals surface area contributed by atoms with Crippen molar-refractivity contribution in [3.63, 3.8) is 0 Å². The number of rotatable bonds is 7. The largest absolute Gasteiger partial charge is 0.344 e. The number of hydrogen-bond donors (Lipinski definition) is 0. The van der Waals surface area contributed by atoms with E-state index in [2.05, 4.69) is 45.4 Å². The lowest BCUT2D eigenvalue weighted by Gasteiger charge is -2.27. The highest BCUT2D eigenvalue weighted by Crippen LogP contribution is 2.25. The zero-order valence-corrected chi connectivity index (χ0v) is 14.1. The van der Waals surface area contributed by atoms with Gasteiger partial charge in [0, 0.05) is 26.7 Å². The average molecular weight is 314 g/mol. The molecule has 2 aromatic rings. The second kappa shape index (κ2) is 7.59. The van der Waals surface area contributed by atoms with Gasteiger partial charge in [0.2, 0.25) is 5.89 Å². The van der Waals surface area contributed by atoms with Crippen LogP contribution in [0.2, 0.25) is 0 Å². The second-order valence-corrected chi connectivity index (χ2v) is 6.53. The third-order valence-corrected chi connectivity index (χ3v) is 4.57. The molecule has 1 fully saturated rings. The molecule has 0 spiro atoms. The van der Waals surface area contributed by atoms with E-state index in [-0.39, 0.29) is 0 Å². The third-order valence-electron chi connectivity index (χ3n) is 4.57. The van der Waals surface area contributed by atoms with Crippen molar-refractivity contribution in [2.75, 3.05) is 25.5 Å². The Morgan fingerprint density at radius 1 is 1.13 bits per heavy atom. The van der Waals surface area contributed by atoms with E-state index in [0.717, 1.165) is 19.5 Å². The van der Waals surface area contributed by atoms with Gasteiger partial charge in [0.25, 0.3) is 5.95 Å². The zero-order valence-electron chi connectivity index (χ0n) is 14.1. The quantitative estimate of drug-likeness (QED) is 0.786. The molecule has 1 aliphatic carbocycles. The Morgan fingerprint density at radius 2 is 1.87 bits per heavy atom. The monoisotopic (exact) mass is 314 g/mol. The number of anilines is 1. The molecule has 23 heavy (non-hydrogen) atoms. The lowest BCUT2D eigenvalue weighted by Crippen LogP contribution is -2.34. The highest BCUT2D eigenvalue weighted by atomic mass is 16.5. The van der Waals surface area contributed by atoms with Crippen molar-refractivity contribution in [1.82, 2.24) is 15.0 Å². The Bertz CT molecular complexity index is 590. The Morgan fingerprint density at radius 3 is 2.52 bits per heavy atom. The first-order valence-corrected chi connectivity index (χ1v) is 8.50. The summed E-state index contributed by atoms with van der Waals surface area (Å²) in [6.07, 6.45) is 6.29. The molecule has 0 unspecified atom stereocenters. The first-order valence-electron chi connectivity index (χ1n) is 8.50. The Labute approximate surface area is 138 Å². The van der Waals surface area contributed by atoms with Crippen molar-refractivity contribution in [3.8, 4) is 0 Å². The molecule has 0 N–H and O–H groups in total. The van der Waals surface area contributed by atoms with E-state index in [0.29, 0.717) is 17.9 Å². The van der Waals surface area contributed by atoms with Crippen LogP contribution in [-0.4, -0.2) is 41.7 Å². The first kappa shape index (κ1) is 16.0. The van der Waals surface area contributed by atoms with Crippen LogP contribution in [0.5, 0.6) is 0 Å². The van der Waals surface area contributed by atoms with Crippen molar-refractivity contribution < 1.29 is 4.52 Å². The summed E-state index contributed by atoms with van der Waals surface area (Å²) in [6, 6.07) is 11.3. The van der Waals surface area contributed by atoms with Gasteiger partial charge in [-0.25, -0.2) is 0 Å². The molecule has 1 aromatic heterocycles. The smallest absolute Gasteiger partial charge is 0.265 e. The zero-order chi connectivity index (χ0) is 16.1. The van der Waals surface area contributed by atoms with Crippen molar-refractivity contribution in [2.45, 2.75) is 44.7 Å². The molecule has 1 saturated carbocycles. The van der Waals surface area contributed by atoms with E-state index < -0.39 is 0 Å². The van der Waals surface area contributed by atoms with Crippen LogP contribution in [0.15, 0.2) is 34.9 Å². The van der Waals surface area contributed by atoms with E-state index in [1.165, 1.54) is 31.2 Å². The molecular weight excluding hydrogens is 288 g/mol. The highest BCUT2D eigenvalue weighted by molar-refractivity contribution is 5.23. The van der Waals surface area contributed by atoms with Gasteiger partial charge >= 0.3 is 0 Å². The highest BCUT2D eigenvalue weighted by Gasteiger charge is 2.24. The van der Waals surface area contributed by atoms with Crippen LogP contribution in [0.1, 0.15) is 37.1 Å². The van der Waals surface area contributed by atoms with E-state index in [4.69, 9.17) is 4.52 Å². The Hall–Kier alpha value is -1.88. The number of benzene rings is 1. The molecule has 3 rings (SSSR count).